The van der Waals surface area contributed by atoms with Crippen LogP contribution in [0.5, 0.6) is 0 Å². The van der Waals surface area contributed by atoms with Crippen molar-refractivity contribution in [1.29, 1.82) is 0 Å². The maximum absolute atomic E-state index is 12.9. The molecule has 0 aliphatic heterocycles. The standard InChI is InChI=1S/C64H114O6/c1-4-7-10-13-16-19-22-25-28-31-34-36-39-42-45-48-51-54-57-63(66)69-60-61(70-64(67)58-55-52-49-46-43-40-37-33-30-27-24-21-18-15-12-9-6-3)59-68-62(65)56-53-50-47-44-41-38-35-32-29-26-23-20-17-14-11-8-5-2/h9,12,18,21,26-27,29-30,37,40,61H,4-8,10-11,13-17,19-20,22-25,28,31-36,38-39,41-60H2,1-3H3/b12-9-,21-18-,29-26-,30-27-,40-37-. The van der Waals surface area contributed by atoms with E-state index >= 15 is 0 Å². The summed E-state index contributed by atoms with van der Waals surface area (Å²) < 4.78 is 16.9. The van der Waals surface area contributed by atoms with Crippen molar-refractivity contribution in [3.63, 3.8) is 0 Å². The summed E-state index contributed by atoms with van der Waals surface area (Å²) in [5.74, 6) is -0.895. The predicted octanol–water partition coefficient (Wildman–Crippen LogP) is 20.4. The molecule has 1 atom stereocenters. The van der Waals surface area contributed by atoms with Crippen molar-refractivity contribution in [1.82, 2.24) is 0 Å². The Bertz CT molecular complexity index is 1260. The molecule has 0 amide bonds. The van der Waals surface area contributed by atoms with Crippen LogP contribution in [0.4, 0.5) is 0 Å². The second-order valence-electron chi connectivity index (χ2n) is 20.2. The van der Waals surface area contributed by atoms with Crippen molar-refractivity contribution in [2.45, 2.75) is 316 Å². The first kappa shape index (κ1) is 67.1. The molecule has 0 bridgehead atoms. The molecule has 0 aromatic heterocycles. The van der Waals surface area contributed by atoms with Crippen LogP contribution in [-0.4, -0.2) is 37.2 Å². The zero-order valence-corrected chi connectivity index (χ0v) is 46.5. The van der Waals surface area contributed by atoms with Gasteiger partial charge in [-0.05, 0) is 83.5 Å². The second kappa shape index (κ2) is 58.7. The van der Waals surface area contributed by atoms with E-state index in [0.717, 1.165) is 96.3 Å². The van der Waals surface area contributed by atoms with E-state index in [-0.39, 0.29) is 31.1 Å². The molecular weight excluding hydrogens is 865 g/mol. The van der Waals surface area contributed by atoms with Gasteiger partial charge in [0.2, 0.25) is 0 Å². The van der Waals surface area contributed by atoms with Gasteiger partial charge in [-0.1, -0.05) is 268 Å². The normalized spacial score (nSPS) is 12.4. The van der Waals surface area contributed by atoms with Gasteiger partial charge in [0.15, 0.2) is 6.10 Å². The van der Waals surface area contributed by atoms with E-state index < -0.39 is 6.10 Å². The number of hydrogen-bond acceptors (Lipinski definition) is 6. The highest BCUT2D eigenvalue weighted by molar-refractivity contribution is 5.71. The number of hydrogen-bond donors (Lipinski definition) is 0. The molecule has 406 valence electrons. The number of allylic oxidation sites excluding steroid dienone is 10. The molecule has 0 spiro atoms. The van der Waals surface area contributed by atoms with Gasteiger partial charge in [0.05, 0.1) is 0 Å². The SMILES string of the molecule is CC/C=C\C/C=C\C/C=C\C/C=C\CCCCCCC(=O)OC(COC(=O)CCCCCCCCC/C=C\CCCCCCCC)COC(=O)CCCCCCCCCCCCCCCCCCCC. The van der Waals surface area contributed by atoms with Crippen molar-refractivity contribution in [3.8, 4) is 0 Å². The second-order valence-corrected chi connectivity index (χ2v) is 20.2. The van der Waals surface area contributed by atoms with Gasteiger partial charge < -0.3 is 14.2 Å². The number of carbonyl (C=O) groups is 3. The lowest BCUT2D eigenvalue weighted by Crippen LogP contribution is -2.30. The fraction of sp³-hybridized carbons (Fsp3) is 0.797. The topological polar surface area (TPSA) is 78.9 Å². The van der Waals surface area contributed by atoms with Crippen LogP contribution < -0.4 is 0 Å². The maximum Gasteiger partial charge on any atom is 0.306 e. The summed E-state index contributed by atoms with van der Waals surface area (Å²) in [7, 11) is 0. The minimum Gasteiger partial charge on any atom is -0.462 e. The average molecular weight is 980 g/mol. The van der Waals surface area contributed by atoms with Gasteiger partial charge >= 0.3 is 17.9 Å². The van der Waals surface area contributed by atoms with Gasteiger partial charge in [0.1, 0.15) is 13.2 Å². The van der Waals surface area contributed by atoms with Crippen molar-refractivity contribution < 1.29 is 28.6 Å². The lowest BCUT2D eigenvalue weighted by atomic mass is 10.0. The Morgan fingerprint density at radius 1 is 0.300 bits per heavy atom. The van der Waals surface area contributed by atoms with Crippen LogP contribution in [0.25, 0.3) is 0 Å². The molecule has 0 radical (unpaired) electrons. The third kappa shape index (κ3) is 56.0. The molecule has 0 aliphatic rings. The molecule has 1 unspecified atom stereocenters. The Labute approximate surface area is 434 Å². The first-order valence-corrected chi connectivity index (χ1v) is 30.3. The largest absolute Gasteiger partial charge is 0.462 e. The molecule has 6 heteroatoms. The first-order valence-electron chi connectivity index (χ1n) is 30.3. The molecule has 0 N–H and O–H groups in total. The van der Waals surface area contributed by atoms with Crippen molar-refractivity contribution in [3.05, 3.63) is 60.8 Å². The van der Waals surface area contributed by atoms with Crippen molar-refractivity contribution >= 4 is 17.9 Å². The Kier molecular flexibility index (Phi) is 56.3. The molecule has 70 heavy (non-hydrogen) atoms. The molecule has 0 saturated carbocycles. The summed E-state index contributed by atoms with van der Waals surface area (Å²) in [5.41, 5.74) is 0. The van der Waals surface area contributed by atoms with Crippen LogP contribution in [0.3, 0.4) is 0 Å². The number of esters is 3. The molecule has 0 aliphatic carbocycles. The summed E-state index contributed by atoms with van der Waals surface area (Å²) in [6, 6.07) is 0. The van der Waals surface area contributed by atoms with E-state index in [2.05, 4.69) is 81.5 Å². The number of ether oxygens (including phenoxy) is 3. The highest BCUT2D eigenvalue weighted by Gasteiger charge is 2.19. The van der Waals surface area contributed by atoms with E-state index in [9.17, 15) is 14.4 Å². The highest BCUT2D eigenvalue weighted by Crippen LogP contribution is 2.16. The van der Waals surface area contributed by atoms with Gasteiger partial charge in [-0.2, -0.15) is 0 Å². The van der Waals surface area contributed by atoms with E-state index in [1.165, 1.54) is 173 Å². The summed E-state index contributed by atoms with van der Waals surface area (Å²) >= 11 is 0. The number of carbonyl (C=O) groups excluding carboxylic acids is 3. The van der Waals surface area contributed by atoms with Crippen LogP contribution in [0.1, 0.15) is 310 Å². The highest BCUT2D eigenvalue weighted by atomic mass is 16.6. The van der Waals surface area contributed by atoms with Crippen LogP contribution >= 0.6 is 0 Å². The summed E-state index contributed by atoms with van der Waals surface area (Å²) in [6.07, 6.45) is 73.6. The minimum absolute atomic E-state index is 0.0827. The third-order valence-electron chi connectivity index (χ3n) is 13.3. The quantitative estimate of drug-likeness (QED) is 0.0261. The molecule has 0 aromatic rings. The number of unbranched alkanes of at least 4 members (excludes halogenated alkanes) is 34. The molecule has 0 rings (SSSR count). The maximum atomic E-state index is 12.9. The Hall–Kier alpha value is -2.89. The van der Waals surface area contributed by atoms with Crippen LogP contribution in [0, 0.1) is 0 Å². The van der Waals surface area contributed by atoms with E-state index in [4.69, 9.17) is 14.2 Å². The van der Waals surface area contributed by atoms with Crippen molar-refractivity contribution in [2.75, 3.05) is 13.2 Å². The van der Waals surface area contributed by atoms with E-state index in [1.54, 1.807) is 0 Å². The smallest absolute Gasteiger partial charge is 0.306 e. The Morgan fingerprint density at radius 3 is 0.886 bits per heavy atom. The van der Waals surface area contributed by atoms with Gasteiger partial charge in [-0.25, -0.2) is 0 Å². The summed E-state index contributed by atoms with van der Waals surface area (Å²) in [6.45, 7) is 6.54. The van der Waals surface area contributed by atoms with E-state index in [1.807, 2.05) is 0 Å². The zero-order valence-electron chi connectivity index (χ0n) is 46.5. The molecule has 0 heterocycles. The summed E-state index contributed by atoms with van der Waals surface area (Å²) in [4.78, 5) is 38.2. The Morgan fingerprint density at radius 2 is 0.557 bits per heavy atom. The predicted molar refractivity (Wildman–Crippen MR) is 302 cm³/mol. The fourth-order valence-electron chi connectivity index (χ4n) is 8.72. The fourth-order valence-corrected chi connectivity index (χ4v) is 8.72. The van der Waals surface area contributed by atoms with Crippen LogP contribution in [0.2, 0.25) is 0 Å². The number of rotatable bonds is 55. The van der Waals surface area contributed by atoms with Crippen LogP contribution in [0.15, 0.2) is 60.8 Å². The summed E-state index contributed by atoms with van der Waals surface area (Å²) in [5, 5.41) is 0. The lowest BCUT2D eigenvalue weighted by molar-refractivity contribution is -0.167. The van der Waals surface area contributed by atoms with Gasteiger partial charge in [0, 0.05) is 19.3 Å². The Balaban J connectivity index is 4.39. The van der Waals surface area contributed by atoms with E-state index in [0.29, 0.717) is 19.3 Å². The average Bonchev–Trinajstić information content (AvgIpc) is 3.36. The van der Waals surface area contributed by atoms with Crippen LogP contribution in [-0.2, 0) is 28.6 Å². The van der Waals surface area contributed by atoms with Gasteiger partial charge in [0.25, 0.3) is 0 Å². The minimum atomic E-state index is -0.788. The molecule has 0 saturated heterocycles. The monoisotopic (exact) mass is 979 g/mol. The molecular formula is C64H114O6. The molecule has 0 aromatic carbocycles. The molecule has 6 nitrogen and oxygen atoms in total. The lowest BCUT2D eigenvalue weighted by Gasteiger charge is -2.18. The first-order chi connectivity index (χ1) is 34.5. The zero-order chi connectivity index (χ0) is 50.7. The molecule has 0 fully saturated rings. The third-order valence-corrected chi connectivity index (χ3v) is 13.3. The van der Waals surface area contributed by atoms with Gasteiger partial charge in [-0.15, -0.1) is 0 Å². The van der Waals surface area contributed by atoms with Gasteiger partial charge in [-0.3, -0.25) is 14.4 Å². The van der Waals surface area contributed by atoms with Crippen molar-refractivity contribution in [2.24, 2.45) is 0 Å².